The van der Waals surface area contributed by atoms with Crippen LogP contribution in [0.15, 0.2) is 18.2 Å². The minimum absolute atomic E-state index is 0.205. The molecule has 0 heterocycles. The molecular formula is C12H12F2O3. The van der Waals surface area contributed by atoms with Crippen LogP contribution in [-0.4, -0.2) is 18.9 Å². The van der Waals surface area contributed by atoms with E-state index >= 15 is 0 Å². The van der Waals surface area contributed by atoms with Gasteiger partial charge in [0.15, 0.2) is 5.78 Å². The number of ether oxygens (including phenoxy) is 1. The molecule has 1 aromatic carbocycles. The van der Waals surface area contributed by atoms with Crippen LogP contribution in [0.1, 0.15) is 23.7 Å². The monoisotopic (exact) mass is 242 g/mol. The maximum absolute atomic E-state index is 13.3. The largest absolute Gasteiger partial charge is 0.469 e. The molecule has 0 bridgehead atoms. The number of rotatable bonds is 4. The summed E-state index contributed by atoms with van der Waals surface area (Å²) in [6.45, 7) is 1.42. The predicted octanol–water partition coefficient (Wildman–Crippen LogP) is 2.35. The van der Waals surface area contributed by atoms with Crippen LogP contribution in [0, 0.1) is 17.6 Å². The Morgan fingerprint density at radius 1 is 1.29 bits per heavy atom. The fourth-order valence-corrected chi connectivity index (χ4v) is 1.41. The van der Waals surface area contributed by atoms with E-state index in [0.29, 0.717) is 0 Å². The van der Waals surface area contributed by atoms with Crippen LogP contribution >= 0.6 is 0 Å². The van der Waals surface area contributed by atoms with Crippen molar-refractivity contribution in [2.24, 2.45) is 5.92 Å². The van der Waals surface area contributed by atoms with Gasteiger partial charge in [-0.3, -0.25) is 9.59 Å². The van der Waals surface area contributed by atoms with Gasteiger partial charge in [0.25, 0.3) is 0 Å². The molecule has 0 spiro atoms. The highest BCUT2D eigenvalue weighted by Gasteiger charge is 2.24. The average molecular weight is 242 g/mol. The molecule has 0 aliphatic heterocycles. The van der Waals surface area contributed by atoms with Crippen molar-refractivity contribution in [2.75, 3.05) is 7.11 Å². The molecule has 0 aromatic heterocycles. The van der Waals surface area contributed by atoms with Gasteiger partial charge in [0, 0.05) is 5.92 Å². The number of hydrogen-bond acceptors (Lipinski definition) is 3. The topological polar surface area (TPSA) is 43.4 Å². The van der Waals surface area contributed by atoms with Gasteiger partial charge in [0.1, 0.15) is 11.6 Å². The lowest BCUT2D eigenvalue weighted by Crippen LogP contribution is -2.19. The maximum atomic E-state index is 13.3. The van der Waals surface area contributed by atoms with Gasteiger partial charge in [-0.2, -0.15) is 0 Å². The van der Waals surface area contributed by atoms with Crippen molar-refractivity contribution in [3.63, 3.8) is 0 Å². The van der Waals surface area contributed by atoms with E-state index in [-0.39, 0.29) is 6.42 Å². The highest BCUT2D eigenvalue weighted by Crippen LogP contribution is 2.18. The Balaban J connectivity index is 2.93. The van der Waals surface area contributed by atoms with Crippen LogP contribution in [0.25, 0.3) is 0 Å². The zero-order valence-corrected chi connectivity index (χ0v) is 9.50. The number of carbonyl (C=O) groups excluding carboxylic acids is 2. The summed E-state index contributed by atoms with van der Waals surface area (Å²) < 4.78 is 31.0. The van der Waals surface area contributed by atoms with Gasteiger partial charge in [-0.15, -0.1) is 0 Å². The Kier molecular flexibility index (Phi) is 4.31. The van der Waals surface area contributed by atoms with E-state index in [2.05, 4.69) is 4.74 Å². The fourth-order valence-electron chi connectivity index (χ4n) is 1.41. The number of esters is 1. The Morgan fingerprint density at radius 2 is 1.82 bits per heavy atom. The predicted molar refractivity (Wildman–Crippen MR) is 56.5 cm³/mol. The molecule has 5 heteroatoms. The first kappa shape index (κ1) is 13.3. The second-order valence-electron chi connectivity index (χ2n) is 3.64. The van der Waals surface area contributed by atoms with Crippen molar-refractivity contribution in [3.05, 3.63) is 35.4 Å². The summed E-state index contributed by atoms with van der Waals surface area (Å²) in [5.41, 5.74) is -0.607. The summed E-state index contributed by atoms with van der Waals surface area (Å²) in [5.74, 6) is -4.01. The molecule has 0 N–H and O–H groups in total. The lowest BCUT2D eigenvalue weighted by atomic mass is 9.96. The van der Waals surface area contributed by atoms with Crippen LogP contribution in [0.4, 0.5) is 8.78 Å². The number of carbonyl (C=O) groups is 2. The van der Waals surface area contributed by atoms with E-state index < -0.39 is 34.9 Å². The van der Waals surface area contributed by atoms with Gasteiger partial charge in [0.2, 0.25) is 0 Å². The zero-order valence-electron chi connectivity index (χ0n) is 9.50. The smallest absolute Gasteiger partial charge is 0.306 e. The fraction of sp³-hybridized carbons (Fsp3) is 0.333. The Labute approximate surface area is 97.4 Å². The number of benzene rings is 1. The second-order valence-corrected chi connectivity index (χ2v) is 3.64. The molecule has 0 fully saturated rings. The third-order valence-electron chi connectivity index (χ3n) is 2.36. The summed E-state index contributed by atoms with van der Waals surface area (Å²) in [4.78, 5) is 22.7. The van der Waals surface area contributed by atoms with E-state index in [0.717, 1.165) is 12.1 Å². The van der Waals surface area contributed by atoms with Crippen LogP contribution in [-0.2, 0) is 9.53 Å². The molecule has 92 valence electrons. The lowest BCUT2D eigenvalue weighted by Gasteiger charge is -2.10. The summed E-state index contributed by atoms with van der Waals surface area (Å²) in [6, 6.07) is 3.18. The SMILES string of the molecule is COC(=O)CC(C)C(=O)c1c(F)cccc1F. The van der Waals surface area contributed by atoms with Crippen LogP contribution in [0.3, 0.4) is 0 Å². The number of Topliss-reactive ketones (excluding diaryl/α,β-unsaturated/α-hetero) is 1. The van der Waals surface area contributed by atoms with Gasteiger partial charge >= 0.3 is 5.97 Å². The van der Waals surface area contributed by atoms with E-state index in [1.54, 1.807) is 0 Å². The van der Waals surface area contributed by atoms with Gasteiger partial charge in [-0.1, -0.05) is 13.0 Å². The summed E-state index contributed by atoms with van der Waals surface area (Å²) >= 11 is 0. The van der Waals surface area contributed by atoms with E-state index in [9.17, 15) is 18.4 Å². The highest BCUT2D eigenvalue weighted by molar-refractivity contribution is 5.99. The molecule has 3 nitrogen and oxygen atoms in total. The van der Waals surface area contributed by atoms with Gasteiger partial charge in [-0.05, 0) is 12.1 Å². The highest BCUT2D eigenvalue weighted by atomic mass is 19.1. The molecule has 1 unspecified atom stereocenters. The van der Waals surface area contributed by atoms with Crippen LogP contribution < -0.4 is 0 Å². The number of hydrogen-bond donors (Lipinski definition) is 0. The van der Waals surface area contributed by atoms with E-state index in [1.165, 1.54) is 20.1 Å². The first-order valence-electron chi connectivity index (χ1n) is 5.02. The summed E-state index contributed by atoms with van der Waals surface area (Å²) in [5, 5.41) is 0. The summed E-state index contributed by atoms with van der Waals surface area (Å²) in [7, 11) is 1.18. The van der Waals surface area contributed by atoms with Gasteiger partial charge in [-0.25, -0.2) is 8.78 Å². The number of ketones is 1. The quantitative estimate of drug-likeness (QED) is 0.601. The maximum Gasteiger partial charge on any atom is 0.306 e. The van der Waals surface area contributed by atoms with Crippen molar-refractivity contribution in [1.82, 2.24) is 0 Å². The van der Waals surface area contributed by atoms with Crippen molar-refractivity contribution in [1.29, 1.82) is 0 Å². The molecule has 0 aliphatic rings. The van der Waals surface area contributed by atoms with Crippen molar-refractivity contribution in [2.45, 2.75) is 13.3 Å². The standard InChI is InChI=1S/C12H12F2O3/c1-7(6-10(15)17-2)12(16)11-8(13)4-3-5-9(11)14/h3-5,7H,6H2,1-2H3. The minimum Gasteiger partial charge on any atom is -0.469 e. The molecule has 1 rings (SSSR count). The Bertz CT molecular complexity index is 423. The molecule has 0 amide bonds. The first-order chi connectivity index (χ1) is 7.97. The van der Waals surface area contributed by atoms with E-state index in [1.807, 2.05) is 0 Å². The molecule has 1 aromatic rings. The summed E-state index contributed by atoms with van der Waals surface area (Å²) in [6.07, 6.45) is -0.205. The molecule has 0 aliphatic carbocycles. The molecule has 0 saturated carbocycles. The van der Waals surface area contributed by atoms with E-state index in [4.69, 9.17) is 0 Å². The van der Waals surface area contributed by atoms with Crippen molar-refractivity contribution < 1.29 is 23.1 Å². The third kappa shape index (κ3) is 3.09. The molecule has 0 radical (unpaired) electrons. The Hall–Kier alpha value is -1.78. The lowest BCUT2D eigenvalue weighted by molar-refractivity contribution is -0.141. The van der Waals surface area contributed by atoms with Crippen LogP contribution in [0.5, 0.6) is 0 Å². The third-order valence-corrected chi connectivity index (χ3v) is 2.36. The van der Waals surface area contributed by atoms with Gasteiger partial charge < -0.3 is 4.74 Å². The Morgan fingerprint density at radius 3 is 2.29 bits per heavy atom. The normalized spacial score (nSPS) is 12.0. The van der Waals surface area contributed by atoms with Crippen molar-refractivity contribution >= 4 is 11.8 Å². The molecular weight excluding hydrogens is 230 g/mol. The van der Waals surface area contributed by atoms with Gasteiger partial charge in [0.05, 0.1) is 19.1 Å². The number of methoxy groups -OCH3 is 1. The van der Waals surface area contributed by atoms with Crippen molar-refractivity contribution in [3.8, 4) is 0 Å². The first-order valence-corrected chi connectivity index (χ1v) is 5.02. The van der Waals surface area contributed by atoms with Crippen LogP contribution in [0.2, 0.25) is 0 Å². The second kappa shape index (κ2) is 5.52. The minimum atomic E-state index is -0.924. The molecule has 17 heavy (non-hydrogen) atoms. The molecule has 0 saturated heterocycles. The molecule has 1 atom stereocenters. The number of halogens is 2. The zero-order chi connectivity index (χ0) is 13.0. The average Bonchev–Trinajstić information content (AvgIpc) is 2.28.